The van der Waals surface area contributed by atoms with E-state index in [1.807, 2.05) is 0 Å². The molecule has 1 amide bonds. The number of imidazole rings is 1. The molecule has 1 aromatic carbocycles. The van der Waals surface area contributed by atoms with E-state index in [2.05, 4.69) is 15.3 Å². The molecule has 28 heavy (non-hydrogen) atoms. The molecule has 0 spiro atoms. The SMILES string of the molecule is COCCNCC(=O)N1CCN(S(=O)(=O)c2ccc3[nH]c(=O)[nH]c3c2)CC1.Cl. The fraction of sp³-hybridized carbons (Fsp3) is 0.500. The van der Waals surface area contributed by atoms with Gasteiger partial charge in [0.2, 0.25) is 15.9 Å². The molecule has 3 N–H and O–H groups in total. The number of hydrogen-bond acceptors (Lipinski definition) is 6. The highest BCUT2D eigenvalue weighted by atomic mass is 35.5. The van der Waals surface area contributed by atoms with E-state index in [0.717, 1.165) is 0 Å². The van der Waals surface area contributed by atoms with Crippen LogP contribution in [0.3, 0.4) is 0 Å². The van der Waals surface area contributed by atoms with Gasteiger partial charge in [-0.25, -0.2) is 13.2 Å². The topological polar surface area (TPSA) is 128 Å². The van der Waals surface area contributed by atoms with Crippen LogP contribution in [0.4, 0.5) is 0 Å². The largest absolute Gasteiger partial charge is 0.383 e. The number of sulfonamides is 1. The smallest absolute Gasteiger partial charge is 0.323 e. The van der Waals surface area contributed by atoms with Crippen LogP contribution < -0.4 is 11.0 Å². The van der Waals surface area contributed by atoms with Gasteiger partial charge in [-0.05, 0) is 18.2 Å². The van der Waals surface area contributed by atoms with Gasteiger partial charge in [-0.1, -0.05) is 0 Å². The first-order chi connectivity index (χ1) is 12.9. The van der Waals surface area contributed by atoms with Crippen LogP contribution in [-0.4, -0.2) is 86.5 Å². The number of fused-ring (bicyclic) bond motifs is 1. The Morgan fingerprint density at radius 3 is 2.54 bits per heavy atom. The molecule has 0 atom stereocenters. The number of ether oxygens (including phenoxy) is 1. The Hall–Kier alpha value is -1.92. The third-order valence-electron chi connectivity index (χ3n) is 4.48. The highest BCUT2D eigenvalue weighted by Crippen LogP contribution is 2.20. The van der Waals surface area contributed by atoms with Gasteiger partial charge >= 0.3 is 5.69 Å². The molecular formula is C16H24ClN5O5S. The molecule has 156 valence electrons. The van der Waals surface area contributed by atoms with Crippen molar-refractivity contribution < 1.29 is 17.9 Å². The predicted octanol–water partition coefficient (Wildman–Crippen LogP) is -0.653. The first kappa shape index (κ1) is 22.4. The molecule has 10 nitrogen and oxygen atoms in total. The maximum absolute atomic E-state index is 12.9. The van der Waals surface area contributed by atoms with Crippen molar-refractivity contribution in [2.75, 3.05) is 53.0 Å². The molecule has 2 heterocycles. The molecule has 1 aromatic heterocycles. The Morgan fingerprint density at radius 2 is 1.86 bits per heavy atom. The number of aromatic amines is 2. The molecule has 0 bridgehead atoms. The second-order valence-electron chi connectivity index (χ2n) is 6.24. The Balaban J connectivity index is 0.00000280. The third-order valence-corrected chi connectivity index (χ3v) is 6.37. The minimum absolute atomic E-state index is 0. The molecule has 0 saturated carbocycles. The van der Waals surface area contributed by atoms with Crippen LogP contribution in [0.15, 0.2) is 27.9 Å². The molecular weight excluding hydrogens is 410 g/mol. The Labute approximate surface area is 168 Å². The van der Waals surface area contributed by atoms with Gasteiger partial charge in [0.05, 0.1) is 29.1 Å². The van der Waals surface area contributed by atoms with Crippen LogP contribution in [0.2, 0.25) is 0 Å². The molecule has 0 radical (unpaired) electrons. The summed E-state index contributed by atoms with van der Waals surface area (Å²) in [4.78, 5) is 30.4. The van der Waals surface area contributed by atoms with Crippen LogP contribution in [0.1, 0.15) is 0 Å². The summed E-state index contributed by atoms with van der Waals surface area (Å²) in [6.45, 7) is 2.45. The van der Waals surface area contributed by atoms with Crippen LogP contribution >= 0.6 is 12.4 Å². The van der Waals surface area contributed by atoms with Crippen LogP contribution in [-0.2, 0) is 19.6 Å². The summed E-state index contributed by atoms with van der Waals surface area (Å²) in [7, 11) is -2.10. The highest BCUT2D eigenvalue weighted by molar-refractivity contribution is 7.89. The molecule has 2 aromatic rings. The maximum Gasteiger partial charge on any atom is 0.323 e. The Morgan fingerprint density at radius 1 is 1.18 bits per heavy atom. The van der Waals surface area contributed by atoms with Crippen molar-refractivity contribution in [2.45, 2.75) is 4.90 Å². The van der Waals surface area contributed by atoms with Gasteiger partial charge in [0.1, 0.15) is 0 Å². The number of amides is 1. The number of carbonyl (C=O) groups excluding carboxylic acids is 1. The van der Waals surface area contributed by atoms with E-state index in [1.54, 1.807) is 18.1 Å². The molecule has 1 saturated heterocycles. The van der Waals surface area contributed by atoms with E-state index in [1.165, 1.54) is 16.4 Å². The summed E-state index contributed by atoms with van der Waals surface area (Å²) in [5.74, 6) is -0.0607. The van der Waals surface area contributed by atoms with Crippen molar-refractivity contribution in [1.82, 2.24) is 24.5 Å². The number of benzene rings is 1. The van der Waals surface area contributed by atoms with Gasteiger partial charge in [0, 0.05) is 39.8 Å². The maximum atomic E-state index is 12.9. The van der Waals surface area contributed by atoms with Crippen molar-refractivity contribution in [3.63, 3.8) is 0 Å². The predicted molar refractivity (Wildman–Crippen MR) is 106 cm³/mol. The lowest BCUT2D eigenvalue weighted by atomic mass is 10.3. The molecule has 3 rings (SSSR count). The van der Waals surface area contributed by atoms with E-state index in [0.29, 0.717) is 37.3 Å². The quantitative estimate of drug-likeness (QED) is 0.498. The average Bonchev–Trinajstić information content (AvgIpc) is 3.04. The lowest BCUT2D eigenvalue weighted by Gasteiger charge is -2.34. The number of H-pyrrole nitrogens is 2. The highest BCUT2D eigenvalue weighted by Gasteiger charge is 2.30. The van der Waals surface area contributed by atoms with Crippen LogP contribution in [0, 0.1) is 0 Å². The van der Waals surface area contributed by atoms with E-state index >= 15 is 0 Å². The number of piperazine rings is 1. The molecule has 0 unspecified atom stereocenters. The second kappa shape index (κ2) is 9.52. The number of carbonyl (C=O) groups is 1. The van der Waals surface area contributed by atoms with E-state index in [9.17, 15) is 18.0 Å². The fourth-order valence-corrected chi connectivity index (χ4v) is 4.43. The Kier molecular flexibility index (Phi) is 7.61. The average molecular weight is 434 g/mol. The molecule has 12 heteroatoms. The van der Waals surface area contributed by atoms with Crippen molar-refractivity contribution in [2.24, 2.45) is 0 Å². The van der Waals surface area contributed by atoms with Gasteiger partial charge in [0.15, 0.2) is 0 Å². The summed E-state index contributed by atoms with van der Waals surface area (Å²) >= 11 is 0. The zero-order chi connectivity index (χ0) is 19.4. The van der Waals surface area contributed by atoms with Gasteiger partial charge in [-0.2, -0.15) is 4.31 Å². The number of hydrogen-bond donors (Lipinski definition) is 3. The Bertz CT molecular complexity index is 965. The second-order valence-corrected chi connectivity index (χ2v) is 8.18. The first-order valence-corrected chi connectivity index (χ1v) is 10.1. The van der Waals surface area contributed by atoms with Crippen molar-refractivity contribution in [3.05, 3.63) is 28.7 Å². The lowest BCUT2D eigenvalue weighted by molar-refractivity contribution is -0.131. The van der Waals surface area contributed by atoms with Gasteiger partial charge < -0.3 is 24.9 Å². The fourth-order valence-electron chi connectivity index (χ4n) is 2.98. The number of nitrogens with zero attached hydrogens (tertiary/aromatic N) is 2. The van der Waals surface area contributed by atoms with Gasteiger partial charge in [-0.15, -0.1) is 12.4 Å². The van der Waals surface area contributed by atoms with Crippen molar-refractivity contribution in [1.29, 1.82) is 0 Å². The van der Waals surface area contributed by atoms with E-state index in [-0.39, 0.29) is 48.5 Å². The summed E-state index contributed by atoms with van der Waals surface area (Å²) < 4.78 is 32.0. The normalized spacial score (nSPS) is 15.5. The lowest BCUT2D eigenvalue weighted by Crippen LogP contribution is -2.52. The van der Waals surface area contributed by atoms with Crippen molar-refractivity contribution in [3.8, 4) is 0 Å². The first-order valence-electron chi connectivity index (χ1n) is 8.61. The summed E-state index contributed by atoms with van der Waals surface area (Å²) in [6, 6.07) is 4.48. The monoisotopic (exact) mass is 433 g/mol. The molecule has 1 aliphatic heterocycles. The summed E-state index contributed by atoms with van der Waals surface area (Å²) in [5, 5.41) is 2.99. The summed E-state index contributed by atoms with van der Waals surface area (Å²) in [5.41, 5.74) is 0.609. The number of rotatable bonds is 7. The third kappa shape index (κ3) is 4.92. The van der Waals surface area contributed by atoms with Gasteiger partial charge in [0.25, 0.3) is 0 Å². The minimum atomic E-state index is -3.69. The molecule has 1 aliphatic rings. The standard InChI is InChI=1S/C16H23N5O5S.ClH/c1-26-9-4-17-11-15(22)20-5-7-21(8-6-20)27(24,25)12-2-3-13-14(10-12)19-16(23)18-13;/h2-3,10,17H,4-9,11H2,1H3,(H2,18,19,23);1H. The number of halogens is 1. The molecule has 0 aliphatic carbocycles. The number of aromatic nitrogens is 2. The van der Waals surface area contributed by atoms with Crippen LogP contribution in [0.25, 0.3) is 11.0 Å². The molecule has 1 fully saturated rings. The van der Waals surface area contributed by atoms with Gasteiger partial charge in [-0.3, -0.25) is 4.79 Å². The minimum Gasteiger partial charge on any atom is -0.383 e. The number of methoxy groups -OCH3 is 1. The number of nitrogens with one attached hydrogen (secondary N) is 3. The van der Waals surface area contributed by atoms with Crippen molar-refractivity contribution >= 4 is 39.4 Å². The van der Waals surface area contributed by atoms with E-state index < -0.39 is 10.0 Å². The summed E-state index contributed by atoms with van der Waals surface area (Å²) in [6.07, 6.45) is 0. The van der Waals surface area contributed by atoms with E-state index in [4.69, 9.17) is 4.74 Å². The van der Waals surface area contributed by atoms with Crippen LogP contribution in [0.5, 0.6) is 0 Å². The zero-order valence-corrected chi connectivity index (χ0v) is 17.1. The zero-order valence-electron chi connectivity index (χ0n) is 15.4.